The summed E-state index contributed by atoms with van der Waals surface area (Å²) in [6.45, 7) is 14.3. The predicted octanol–water partition coefficient (Wildman–Crippen LogP) is 4.00. The molecule has 2 nitrogen and oxygen atoms in total. The van der Waals surface area contributed by atoms with Crippen LogP contribution in [0, 0.1) is 5.41 Å². The van der Waals surface area contributed by atoms with Crippen LogP contribution in [0.25, 0.3) is 0 Å². The van der Waals surface area contributed by atoms with Gasteiger partial charge >= 0.3 is 0 Å². The Balaban J connectivity index is 3.69. The maximum absolute atomic E-state index is 5.61. The molecule has 0 radical (unpaired) electrons. The van der Waals surface area contributed by atoms with Gasteiger partial charge in [-0.1, -0.05) is 41.0 Å². The summed E-state index contributed by atoms with van der Waals surface area (Å²) >= 11 is 0. The van der Waals surface area contributed by atoms with Gasteiger partial charge in [0, 0.05) is 19.3 Å². The Labute approximate surface area is 109 Å². The minimum Gasteiger partial charge on any atom is -0.381 e. The van der Waals surface area contributed by atoms with Crippen LogP contribution >= 0.6 is 0 Å². The molecule has 0 aromatic rings. The summed E-state index contributed by atoms with van der Waals surface area (Å²) in [5.74, 6) is 0. The fourth-order valence-electron chi connectivity index (χ4n) is 1.90. The molecule has 0 aliphatic carbocycles. The highest BCUT2D eigenvalue weighted by molar-refractivity contribution is 4.80. The molecule has 0 saturated carbocycles. The molecule has 0 spiro atoms. The van der Waals surface area contributed by atoms with Crippen LogP contribution in [0.5, 0.6) is 0 Å². The van der Waals surface area contributed by atoms with Crippen molar-refractivity contribution in [3.05, 3.63) is 0 Å². The molecule has 1 N–H and O–H groups in total. The molecule has 0 aliphatic heterocycles. The third kappa shape index (κ3) is 9.61. The molecule has 0 amide bonds. The normalized spacial score (nSPS) is 13.9. The van der Waals surface area contributed by atoms with E-state index in [9.17, 15) is 0 Å². The lowest BCUT2D eigenvalue weighted by Crippen LogP contribution is -2.40. The van der Waals surface area contributed by atoms with Crippen LogP contribution in [0.1, 0.15) is 66.7 Å². The lowest BCUT2D eigenvalue weighted by atomic mass is 9.84. The summed E-state index contributed by atoms with van der Waals surface area (Å²) in [7, 11) is 0. The highest BCUT2D eigenvalue weighted by atomic mass is 16.5. The Hall–Kier alpha value is -0.0800. The minimum absolute atomic E-state index is 0.346. The van der Waals surface area contributed by atoms with Crippen molar-refractivity contribution in [3.63, 3.8) is 0 Å². The molecule has 0 heterocycles. The fourth-order valence-corrected chi connectivity index (χ4v) is 1.90. The zero-order valence-electron chi connectivity index (χ0n) is 12.6. The van der Waals surface area contributed by atoms with E-state index in [1.165, 1.54) is 32.1 Å². The number of rotatable bonds is 10. The van der Waals surface area contributed by atoms with E-state index in [-0.39, 0.29) is 0 Å². The summed E-state index contributed by atoms with van der Waals surface area (Å²) in [4.78, 5) is 0. The van der Waals surface area contributed by atoms with E-state index in [1.807, 2.05) is 0 Å². The van der Waals surface area contributed by atoms with Crippen molar-refractivity contribution in [2.45, 2.75) is 72.8 Å². The Bertz CT molecular complexity index is 163. The summed E-state index contributed by atoms with van der Waals surface area (Å²) in [6, 6.07) is 0.609. The Kier molecular flexibility index (Phi) is 9.85. The van der Waals surface area contributed by atoms with Crippen LogP contribution in [0.15, 0.2) is 0 Å². The number of nitrogens with one attached hydrogen (secondary N) is 1. The van der Waals surface area contributed by atoms with Gasteiger partial charge in [-0.25, -0.2) is 0 Å². The molecule has 1 atom stereocenters. The molecule has 104 valence electrons. The number of hydrogen-bond acceptors (Lipinski definition) is 2. The number of unbranched alkanes of at least 4 members (excludes halogenated alkanes) is 1. The SMILES string of the molecule is CCCCOCCCC(NCCC)C(C)(C)C. The van der Waals surface area contributed by atoms with Crippen LogP contribution in [-0.4, -0.2) is 25.8 Å². The van der Waals surface area contributed by atoms with Crippen molar-refractivity contribution in [3.8, 4) is 0 Å². The van der Waals surface area contributed by atoms with Crippen LogP contribution in [0.3, 0.4) is 0 Å². The highest BCUT2D eigenvalue weighted by Gasteiger charge is 2.22. The van der Waals surface area contributed by atoms with Gasteiger partial charge in [0.15, 0.2) is 0 Å². The molecule has 2 heteroatoms. The predicted molar refractivity (Wildman–Crippen MR) is 76.5 cm³/mol. The molecule has 0 bridgehead atoms. The first kappa shape index (κ1) is 16.9. The molecule has 0 aliphatic rings. The van der Waals surface area contributed by atoms with Crippen LogP contribution in [0.4, 0.5) is 0 Å². The lowest BCUT2D eigenvalue weighted by Gasteiger charge is -2.31. The van der Waals surface area contributed by atoms with Gasteiger partial charge in [-0.05, 0) is 37.6 Å². The van der Waals surface area contributed by atoms with E-state index in [1.54, 1.807) is 0 Å². The summed E-state index contributed by atoms with van der Waals surface area (Å²) < 4.78 is 5.61. The lowest BCUT2D eigenvalue weighted by molar-refractivity contribution is 0.119. The Morgan fingerprint density at radius 1 is 1.00 bits per heavy atom. The quantitative estimate of drug-likeness (QED) is 0.586. The summed E-state index contributed by atoms with van der Waals surface area (Å²) in [5.41, 5.74) is 0.346. The molecule has 0 saturated heterocycles. The second-order valence-electron chi connectivity index (χ2n) is 5.98. The van der Waals surface area contributed by atoms with Gasteiger partial charge in [-0.15, -0.1) is 0 Å². The van der Waals surface area contributed by atoms with Gasteiger partial charge in [-0.3, -0.25) is 0 Å². The first-order valence-corrected chi connectivity index (χ1v) is 7.33. The van der Waals surface area contributed by atoms with E-state index in [2.05, 4.69) is 39.9 Å². The van der Waals surface area contributed by atoms with Gasteiger partial charge in [0.05, 0.1) is 0 Å². The summed E-state index contributed by atoms with van der Waals surface area (Å²) in [5, 5.41) is 3.66. The minimum atomic E-state index is 0.346. The standard InChI is InChI=1S/C15H33NO/c1-6-8-12-17-13-9-10-14(15(3,4)5)16-11-7-2/h14,16H,6-13H2,1-5H3. The fraction of sp³-hybridized carbons (Fsp3) is 1.00. The van der Waals surface area contributed by atoms with Gasteiger partial charge in [0.25, 0.3) is 0 Å². The molecule has 17 heavy (non-hydrogen) atoms. The molecule has 0 aromatic carbocycles. The Morgan fingerprint density at radius 3 is 2.18 bits per heavy atom. The monoisotopic (exact) mass is 243 g/mol. The first-order valence-electron chi connectivity index (χ1n) is 7.33. The third-order valence-electron chi connectivity index (χ3n) is 3.11. The zero-order valence-corrected chi connectivity index (χ0v) is 12.6. The van der Waals surface area contributed by atoms with Crippen molar-refractivity contribution >= 4 is 0 Å². The third-order valence-corrected chi connectivity index (χ3v) is 3.11. The van der Waals surface area contributed by atoms with Crippen molar-refractivity contribution in [1.82, 2.24) is 5.32 Å². The van der Waals surface area contributed by atoms with Crippen LogP contribution < -0.4 is 5.32 Å². The van der Waals surface area contributed by atoms with Crippen molar-refractivity contribution in [2.24, 2.45) is 5.41 Å². The molecule has 0 rings (SSSR count). The first-order chi connectivity index (χ1) is 8.02. The van der Waals surface area contributed by atoms with Crippen molar-refractivity contribution < 1.29 is 4.74 Å². The molecule has 1 unspecified atom stereocenters. The molecule has 0 fully saturated rings. The van der Waals surface area contributed by atoms with Gasteiger partial charge in [-0.2, -0.15) is 0 Å². The van der Waals surface area contributed by atoms with Gasteiger partial charge in [0.1, 0.15) is 0 Å². The smallest absolute Gasteiger partial charge is 0.0466 e. The average Bonchev–Trinajstić information content (AvgIpc) is 2.25. The van der Waals surface area contributed by atoms with Crippen LogP contribution in [-0.2, 0) is 4.74 Å². The maximum Gasteiger partial charge on any atom is 0.0466 e. The van der Waals surface area contributed by atoms with Crippen molar-refractivity contribution in [1.29, 1.82) is 0 Å². The van der Waals surface area contributed by atoms with Gasteiger partial charge < -0.3 is 10.1 Å². The zero-order chi connectivity index (χ0) is 13.1. The van der Waals surface area contributed by atoms with Crippen LogP contribution in [0.2, 0.25) is 0 Å². The van der Waals surface area contributed by atoms with E-state index >= 15 is 0 Å². The number of ether oxygens (including phenoxy) is 1. The van der Waals surface area contributed by atoms with E-state index < -0.39 is 0 Å². The van der Waals surface area contributed by atoms with E-state index in [0.29, 0.717) is 11.5 Å². The van der Waals surface area contributed by atoms with E-state index in [0.717, 1.165) is 19.8 Å². The Morgan fingerprint density at radius 2 is 1.65 bits per heavy atom. The second-order valence-corrected chi connectivity index (χ2v) is 5.98. The molecule has 0 aromatic heterocycles. The second kappa shape index (κ2) is 9.90. The summed E-state index contributed by atoms with van der Waals surface area (Å²) in [6.07, 6.45) is 6.01. The highest BCUT2D eigenvalue weighted by Crippen LogP contribution is 2.22. The largest absolute Gasteiger partial charge is 0.381 e. The average molecular weight is 243 g/mol. The van der Waals surface area contributed by atoms with Crippen molar-refractivity contribution in [2.75, 3.05) is 19.8 Å². The maximum atomic E-state index is 5.61. The van der Waals surface area contributed by atoms with E-state index in [4.69, 9.17) is 4.74 Å². The molecular weight excluding hydrogens is 210 g/mol. The molecular formula is C15H33NO. The number of hydrogen-bond donors (Lipinski definition) is 1. The van der Waals surface area contributed by atoms with Gasteiger partial charge in [0.2, 0.25) is 0 Å². The topological polar surface area (TPSA) is 21.3 Å².